The number of alkyl halides is 1. The molecule has 1 aliphatic heterocycles. The minimum absolute atomic E-state index is 0. The Morgan fingerprint density at radius 1 is 1.06 bits per heavy atom. The SMILES string of the molecule is CCO.CN1CCN(C)CC[N+](C)(CCl)CC1.[Cl-]. The number of halogens is 2. The second-order valence-electron chi connectivity index (χ2n) is 5.11. The zero-order chi connectivity index (χ0) is 13.3. The topological polar surface area (TPSA) is 26.7 Å². The maximum atomic E-state index is 7.57. The Morgan fingerprint density at radius 2 is 1.39 bits per heavy atom. The van der Waals surface area contributed by atoms with Crippen LogP contribution in [0.3, 0.4) is 0 Å². The molecule has 0 spiro atoms. The Bertz CT molecular complexity index is 182. The fourth-order valence-electron chi connectivity index (χ4n) is 1.62. The lowest BCUT2D eigenvalue weighted by Gasteiger charge is -2.33. The molecular weight excluding hydrogens is 273 g/mol. The van der Waals surface area contributed by atoms with Crippen molar-refractivity contribution in [2.45, 2.75) is 6.92 Å². The van der Waals surface area contributed by atoms with Gasteiger partial charge < -0.3 is 22.0 Å². The van der Waals surface area contributed by atoms with Gasteiger partial charge in [0.2, 0.25) is 0 Å². The Morgan fingerprint density at radius 3 is 1.67 bits per heavy atom. The summed E-state index contributed by atoms with van der Waals surface area (Å²) in [7, 11) is 6.63. The minimum Gasteiger partial charge on any atom is -1.00 e. The number of quaternary nitrogens is 1. The van der Waals surface area contributed by atoms with Crippen molar-refractivity contribution in [3.8, 4) is 0 Å². The van der Waals surface area contributed by atoms with Crippen molar-refractivity contribution in [3.05, 3.63) is 0 Å². The quantitative estimate of drug-likeness (QED) is 0.330. The third-order valence-corrected chi connectivity index (χ3v) is 3.77. The highest BCUT2D eigenvalue weighted by molar-refractivity contribution is 6.16. The van der Waals surface area contributed by atoms with Gasteiger partial charge in [-0.1, -0.05) is 11.6 Å². The van der Waals surface area contributed by atoms with Gasteiger partial charge in [0, 0.05) is 32.8 Å². The van der Waals surface area contributed by atoms with Crippen molar-refractivity contribution in [2.75, 3.05) is 73.0 Å². The number of rotatable bonds is 1. The Hall–Kier alpha value is 0.420. The molecule has 1 saturated heterocycles. The minimum atomic E-state index is 0. The van der Waals surface area contributed by atoms with Crippen molar-refractivity contribution >= 4 is 11.6 Å². The summed E-state index contributed by atoms with van der Waals surface area (Å²) in [6.07, 6.45) is 0. The summed E-state index contributed by atoms with van der Waals surface area (Å²) >= 11 is 6.03. The van der Waals surface area contributed by atoms with Gasteiger partial charge in [0.25, 0.3) is 0 Å². The van der Waals surface area contributed by atoms with Crippen LogP contribution in [0.5, 0.6) is 0 Å². The summed E-state index contributed by atoms with van der Waals surface area (Å²) in [5.41, 5.74) is 0. The van der Waals surface area contributed by atoms with E-state index in [1.54, 1.807) is 6.92 Å². The number of hydrogen-bond donors (Lipinski definition) is 1. The molecule has 0 aromatic heterocycles. The van der Waals surface area contributed by atoms with Gasteiger partial charge in [-0.3, -0.25) is 9.80 Å². The molecule has 0 aromatic rings. The van der Waals surface area contributed by atoms with Crippen LogP contribution >= 0.6 is 11.6 Å². The van der Waals surface area contributed by atoms with Crippen LogP contribution in [0.15, 0.2) is 0 Å². The predicted octanol–water partition coefficient (Wildman–Crippen LogP) is -2.49. The molecule has 0 aromatic carbocycles. The normalized spacial score (nSPS) is 21.7. The zero-order valence-electron chi connectivity index (χ0n) is 12.2. The fraction of sp³-hybridized carbons (Fsp3) is 1.00. The molecule has 0 bridgehead atoms. The number of aliphatic hydroxyl groups excluding tert-OH is 1. The van der Waals surface area contributed by atoms with Crippen LogP contribution in [0.4, 0.5) is 0 Å². The molecule has 4 nitrogen and oxygen atoms in total. The molecule has 18 heavy (non-hydrogen) atoms. The number of nitrogens with zero attached hydrogens (tertiary/aromatic N) is 3. The van der Waals surface area contributed by atoms with Crippen LogP contribution in [-0.4, -0.2) is 92.4 Å². The monoisotopic (exact) mass is 301 g/mol. The molecule has 1 fully saturated rings. The molecular formula is C12H29Cl2N3O. The van der Waals surface area contributed by atoms with E-state index in [0.29, 0.717) is 0 Å². The van der Waals surface area contributed by atoms with E-state index in [4.69, 9.17) is 16.7 Å². The summed E-state index contributed by atoms with van der Waals surface area (Å²) < 4.78 is 0.982. The van der Waals surface area contributed by atoms with Gasteiger partial charge in [-0.05, 0) is 21.0 Å². The fourth-order valence-corrected chi connectivity index (χ4v) is 1.86. The van der Waals surface area contributed by atoms with Crippen molar-refractivity contribution in [1.29, 1.82) is 0 Å². The van der Waals surface area contributed by atoms with E-state index in [1.165, 1.54) is 13.1 Å². The maximum absolute atomic E-state index is 7.57. The van der Waals surface area contributed by atoms with E-state index in [9.17, 15) is 0 Å². The van der Waals surface area contributed by atoms with E-state index in [-0.39, 0.29) is 19.0 Å². The van der Waals surface area contributed by atoms with Gasteiger partial charge in [-0.15, -0.1) is 0 Å². The average Bonchev–Trinajstić information content (AvgIpc) is 2.37. The van der Waals surface area contributed by atoms with E-state index >= 15 is 0 Å². The van der Waals surface area contributed by atoms with Crippen molar-refractivity contribution in [1.82, 2.24) is 9.80 Å². The Labute approximate surface area is 123 Å². The molecule has 1 heterocycles. The predicted molar refractivity (Wildman–Crippen MR) is 74.4 cm³/mol. The van der Waals surface area contributed by atoms with Crippen LogP contribution in [0, 0.1) is 0 Å². The first kappa shape index (κ1) is 20.7. The number of aliphatic hydroxyl groups is 1. The summed E-state index contributed by atoms with van der Waals surface area (Å²) in [5, 5.41) is 7.57. The third kappa shape index (κ3) is 9.36. The van der Waals surface area contributed by atoms with E-state index in [0.717, 1.165) is 36.7 Å². The molecule has 1 N–H and O–H groups in total. The second-order valence-corrected chi connectivity index (χ2v) is 5.35. The third-order valence-electron chi connectivity index (χ3n) is 3.20. The largest absolute Gasteiger partial charge is 1.00 e. The highest BCUT2D eigenvalue weighted by Crippen LogP contribution is 2.07. The van der Waals surface area contributed by atoms with Crippen molar-refractivity contribution in [2.24, 2.45) is 0 Å². The van der Waals surface area contributed by atoms with Crippen LogP contribution in [0.25, 0.3) is 0 Å². The van der Waals surface area contributed by atoms with E-state index in [1.807, 2.05) is 0 Å². The highest BCUT2D eigenvalue weighted by atomic mass is 35.5. The van der Waals surface area contributed by atoms with Crippen LogP contribution in [-0.2, 0) is 0 Å². The number of hydrogen-bond acceptors (Lipinski definition) is 3. The van der Waals surface area contributed by atoms with Gasteiger partial charge in [0.1, 0.15) is 0 Å². The van der Waals surface area contributed by atoms with E-state index in [2.05, 4.69) is 30.9 Å². The molecule has 0 radical (unpaired) electrons. The Balaban J connectivity index is 0. The number of likely N-dealkylation sites (N-methyl/N-ethyl adjacent to an activating group) is 3. The van der Waals surface area contributed by atoms with Crippen LogP contribution in [0.1, 0.15) is 6.92 Å². The van der Waals surface area contributed by atoms with Crippen LogP contribution in [0.2, 0.25) is 0 Å². The molecule has 0 unspecified atom stereocenters. The molecule has 0 aliphatic carbocycles. The first-order valence-electron chi connectivity index (χ1n) is 6.35. The lowest BCUT2D eigenvalue weighted by molar-refractivity contribution is -0.897. The molecule has 6 heteroatoms. The molecule has 0 amide bonds. The van der Waals surface area contributed by atoms with Crippen LogP contribution < -0.4 is 12.4 Å². The summed E-state index contributed by atoms with van der Waals surface area (Å²) in [4.78, 5) is 4.79. The van der Waals surface area contributed by atoms with Crippen molar-refractivity contribution < 1.29 is 22.0 Å². The standard InChI is InChI=1S/C10H23ClN3.C2H6O.ClH/c1-12-4-5-13(2)7-9-14(3,10-11)8-6-12;1-2-3;/h4-10H2,1-3H3;3H,2H2,1H3;1H/q+1;;/p-1. The Kier molecular flexibility index (Phi) is 13.0. The molecule has 1 aliphatic rings. The first-order valence-corrected chi connectivity index (χ1v) is 6.88. The van der Waals surface area contributed by atoms with E-state index < -0.39 is 0 Å². The second kappa shape index (κ2) is 11.3. The lowest BCUT2D eigenvalue weighted by atomic mass is 10.4. The van der Waals surface area contributed by atoms with Gasteiger partial charge >= 0.3 is 0 Å². The van der Waals surface area contributed by atoms with Gasteiger partial charge in [0.15, 0.2) is 6.00 Å². The zero-order valence-corrected chi connectivity index (χ0v) is 13.7. The van der Waals surface area contributed by atoms with Gasteiger partial charge in [-0.25, -0.2) is 0 Å². The molecule has 0 atom stereocenters. The molecule has 112 valence electrons. The van der Waals surface area contributed by atoms with Crippen molar-refractivity contribution in [3.63, 3.8) is 0 Å². The smallest absolute Gasteiger partial charge is 0.154 e. The van der Waals surface area contributed by atoms with Gasteiger partial charge in [-0.2, -0.15) is 0 Å². The lowest BCUT2D eigenvalue weighted by Crippen LogP contribution is -3.00. The maximum Gasteiger partial charge on any atom is 0.154 e. The highest BCUT2D eigenvalue weighted by Gasteiger charge is 2.22. The summed E-state index contributed by atoms with van der Waals surface area (Å²) in [6.45, 7) is 8.88. The first-order chi connectivity index (χ1) is 7.97. The summed E-state index contributed by atoms with van der Waals surface area (Å²) in [6, 6.07) is 0.724. The van der Waals surface area contributed by atoms with Gasteiger partial charge in [0.05, 0.1) is 20.1 Å². The molecule has 0 saturated carbocycles. The summed E-state index contributed by atoms with van der Waals surface area (Å²) in [5.74, 6) is 0. The average molecular weight is 302 g/mol. The molecule has 1 rings (SSSR count).